The summed E-state index contributed by atoms with van der Waals surface area (Å²) in [5.41, 5.74) is 1.11. The van der Waals surface area contributed by atoms with E-state index in [1.165, 1.54) is 12.8 Å². The molecule has 0 unspecified atom stereocenters. The number of anilines is 1. The molecule has 1 aromatic rings. The van der Waals surface area contributed by atoms with Crippen molar-refractivity contribution in [3.8, 4) is 5.75 Å². The summed E-state index contributed by atoms with van der Waals surface area (Å²) in [6, 6.07) is 5.61. The van der Waals surface area contributed by atoms with Gasteiger partial charge in [0.15, 0.2) is 0 Å². The van der Waals surface area contributed by atoms with E-state index in [0.717, 1.165) is 31.8 Å². The zero-order valence-electron chi connectivity index (χ0n) is 19.8. The molecule has 176 valence electrons. The molecule has 1 aromatic carbocycles. The summed E-state index contributed by atoms with van der Waals surface area (Å²) in [7, 11) is 3.53. The minimum absolute atomic E-state index is 0.0254. The number of fused-ring (bicyclic) bond motifs is 1. The van der Waals surface area contributed by atoms with Crippen LogP contribution in [0, 0.1) is 17.8 Å². The van der Waals surface area contributed by atoms with Gasteiger partial charge in [0.05, 0.1) is 11.7 Å². The van der Waals surface area contributed by atoms with Gasteiger partial charge in [-0.3, -0.25) is 14.5 Å². The van der Waals surface area contributed by atoms with Crippen LogP contribution in [-0.4, -0.2) is 74.2 Å². The van der Waals surface area contributed by atoms with E-state index >= 15 is 0 Å². The average Bonchev–Trinajstić information content (AvgIpc) is 3.68. The number of ether oxygens (including phenoxy) is 2. The molecule has 7 nitrogen and oxygen atoms in total. The molecule has 0 saturated heterocycles. The number of methoxy groups -OCH3 is 1. The monoisotopic (exact) mass is 443 g/mol. The highest BCUT2D eigenvalue weighted by Gasteiger charge is 2.32. The van der Waals surface area contributed by atoms with Crippen molar-refractivity contribution in [3.05, 3.63) is 23.8 Å². The molecule has 2 aliphatic carbocycles. The first-order chi connectivity index (χ1) is 15.4. The molecular formula is C25H37N3O4. The molecule has 32 heavy (non-hydrogen) atoms. The zero-order chi connectivity index (χ0) is 22.8. The number of nitrogens with one attached hydrogen (secondary N) is 1. The molecule has 4 rings (SSSR count). The molecule has 0 radical (unpaired) electrons. The van der Waals surface area contributed by atoms with Gasteiger partial charge in [0.1, 0.15) is 12.4 Å². The van der Waals surface area contributed by atoms with Crippen LogP contribution in [0.15, 0.2) is 18.2 Å². The SMILES string of the molecule is CO[C@H]1CN(C)C(=O)c2cc(NC(=O)C3CC3)ccc2OC[C@H](C)N(CC2CC2)C[C@H]1C. The van der Waals surface area contributed by atoms with E-state index in [2.05, 4.69) is 24.1 Å². The molecule has 2 saturated carbocycles. The van der Waals surface area contributed by atoms with Crippen LogP contribution in [0.4, 0.5) is 5.69 Å². The topological polar surface area (TPSA) is 71.1 Å². The van der Waals surface area contributed by atoms with E-state index in [1.54, 1.807) is 25.1 Å². The van der Waals surface area contributed by atoms with Crippen molar-refractivity contribution in [3.63, 3.8) is 0 Å². The fourth-order valence-electron chi connectivity index (χ4n) is 4.41. The van der Waals surface area contributed by atoms with Crippen molar-refractivity contribution in [2.45, 2.75) is 51.7 Å². The number of hydrogen-bond donors (Lipinski definition) is 1. The van der Waals surface area contributed by atoms with Crippen LogP contribution in [0.5, 0.6) is 5.75 Å². The zero-order valence-corrected chi connectivity index (χ0v) is 19.8. The standard InChI is InChI=1S/C25H37N3O4/c1-16-12-28(13-18-5-6-18)17(2)15-32-22-10-9-20(26-24(29)19-7-8-19)11-21(22)25(30)27(3)14-23(16)31-4/h9-11,16-19,23H,5-8,12-15H2,1-4H3,(H,26,29)/t16-,17+,23+/m1/s1. The Balaban J connectivity index is 1.60. The maximum atomic E-state index is 13.4. The lowest BCUT2D eigenvalue weighted by Crippen LogP contribution is -2.47. The molecule has 7 heteroatoms. The molecule has 2 amide bonds. The summed E-state index contributed by atoms with van der Waals surface area (Å²) in [4.78, 5) is 29.8. The van der Waals surface area contributed by atoms with Crippen molar-refractivity contribution < 1.29 is 19.1 Å². The number of hydrogen-bond acceptors (Lipinski definition) is 5. The van der Waals surface area contributed by atoms with Gasteiger partial charge >= 0.3 is 0 Å². The van der Waals surface area contributed by atoms with Crippen molar-refractivity contribution in [2.75, 3.05) is 45.7 Å². The number of carbonyl (C=O) groups is 2. The van der Waals surface area contributed by atoms with Gasteiger partial charge in [-0.2, -0.15) is 0 Å². The lowest BCUT2D eigenvalue weighted by molar-refractivity contribution is -0.117. The van der Waals surface area contributed by atoms with Crippen LogP contribution < -0.4 is 10.1 Å². The molecule has 1 aliphatic heterocycles. The van der Waals surface area contributed by atoms with Gasteiger partial charge in [0, 0.05) is 51.4 Å². The maximum absolute atomic E-state index is 13.4. The fraction of sp³-hybridized carbons (Fsp3) is 0.680. The van der Waals surface area contributed by atoms with Crippen LogP contribution in [0.3, 0.4) is 0 Å². The number of amides is 2. The van der Waals surface area contributed by atoms with Gasteiger partial charge in [0.25, 0.3) is 5.91 Å². The third-order valence-corrected chi connectivity index (χ3v) is 6.98. The van der Waals surface area contributed by atoms with Crippen LogP contribution >= 0.6 is 0 Å². The van der Waals surface area contributed by atoms with Gasteiger partial charge in [-0.15, -0.1) is 0 Å². The van der Waals surface area contributed by atoms with Crippen molar-refractivity contribution in [2.24, 2.45) is 17.8 Å². The molecule has 3 atom stereocenters. The van der Waals surface area contributed by atoms with Crippen LogP contribution in [0.2, 0.25) is 0 Å². The normalized spacial score (nSPS) is 27.7. The van der Waals surface area contributed by atoms with E-state index in [9.17, 15) is 9.59 Å². The predicted molar refractivity (Wildman–Crippen MR) is 124 cm³/mol. The average molecular weight is 444 g/mol. The third-order valence-electron chi connectivity index (χ3n) is 6.98. The molecule has 1 N–H and O–H groups in total. The minimum Gasteiger partial charge on any atom is -0.491 e. The van der Waals surface area contributed by atoms with Crippen LogP contribution in [0.1, 0.15) is 49.9 Å². The number of benzene rings is 1. The summed E-state index contributed by atoms with van der Waals surface area (Å²) < 4.78 is 12.0. The second-order valence-electron chi connectivity index (χ2n) is 9.97. The Morgan fingerprint density at radius 2 is 1.94 bits per heavy atom. The van der Waals surface area contributed by atoms with Gasteiger partial charge in [-0.1, -0.05) is 6.92 Å². The molecule has 0 spiro atoms. The van der Waals surface area contributed by atoms with E-state index in [0.29, 0.717) is 30.2 Å². The first-order valence-electron chi connectivity index (χ1n) is 12.0. The highest BCUT2D eigenvalue weighted by Crippen LogP contribution is 2.33. The number of likely N-dealkylation sites (N-methyl/N-ethyl adjacent to an activating group) is 1. The van der Waals surface area contributed by atoms with Crippen molar-refractivity contribution in [1.29, 1.82) is 0 Å². The first-order valence-corrected chi connectivity index (χ1v) is 12.0. The molecule has 0 aromatic heterocycles. The fourth-order valence-corrected chi connectivity index (χ4v) is 4.41. The minimum atomic E-state index is -0.125. The van der Waals surface area contributed by atoms with E-state index in [-0.39, 0.29) is 35.8 Å². The lowest BCUT2D eigenvalue weighted by Gasteiger charge is -2.36. The Labute approximate surface area is 191 Å². The Bertz CT molecular complexity index is 836. The number of rotatable bonds is 5. The molecular weight excluding hydrogens is 406 g/mol. The smallest absolute Gasteiger partial charge is 0.257 e. The third kappa shape index (κ3) is 5.62. The molecule has 0 bridgehead atoms. The summed E-state index contributed by atoms with van der Waals surface area (Å²) in [6.07, 6.45) is 4.43. The maximum Gasteiger partial charge on any atom is 0.257 e. The highest BCUT2D eigenvalue weighted by molar-refractivity contribution is 6.00. The van der Waals surface area contributed by atoms with Gasteiger partial charge in [0.2, 0.25) is 5.91 Å². The van der Waals surface area contributed by atoms with Gasteiger partial charge in [-0.25, -0.2) is 0 Å². The Morgan fingerprint density at radius 1 is 1.19 bits per heavy atom. The highest BCUT2D eigenvalue weighted by atomic mass is 16.5. The summed E-state index contributed by atoms with van der Waals surface area (Å²) in [5.74, 6) is 1.63. The predicted octanol–water partition coefficient (Wildman–Crippen LogP) is 3.25. The Morgan fingerprint density at radius 3 is 2.59 bits per heavy atom. The molecule has 2 fully saturated rings. The number of carbonyl (C=O) groups excluding carboxylic acids is 2. The lowest BCUT2D eigenvalue weighted by atomic mass is 10.0. The van der Waals surface area contributed by atoms with Crippen LogP contribution in [0.25, 0.3) is 0 Å². The van der Waals surface area contributed by atoms with Gasteiger partial charge < -0.3 is 19.7 Å². The number of nitrogens with zero attached hydrogens (tertiary/aromatic N) is 2. The summed E-state index contributed by atoms with van der Waals surface area (Å²) in [6.45, 7) is 7.40. The first kappa shape index (κ1) is 23.1. The van der Waals surface area contributed by atoms with Crippen molar-refractivity contribution in [1.82, 2.24) is 9.80 Å². The largest absolute Gasteiger partial charge is 0.491 e. The Hall–Kier alpha value is -2.12. The van der Waals surface area contributed by atoms with Crippen molar-refractivity contribution >= 4 is 17.5 Å². The Kier molecular flexibility index (Phi) is 7.05. The quantitative estimate of drug-likeness (QED) is 0.756. The van der Waals surface area contributed by atoms with Gasteiger partial charge in [-0.05, 0) is 62.6 Å². The summed E-state index contributed by atoms with van der Waals surface area (Å²) in [5, 5.41) is 2.95. The van der Waals surface area contributed by atoms with E-state index < -0.39 is 0 Å². The van der Waals surface area contributed by atoms with E-state index in [4.69, 9.17) is 9.47 Å². The second-order valence-corrected chi connectivity index (χ2v) is 9.97. The molecule has 3 aliphatic rings. The second kappa shape index (κ2) is 9.79. The van der Waals surface area contributed by atoms with Crippen LogP contribution in [-0.2, 0) is 9.53 Å². The molecule has 1 heterocycles. The van der Waals surface area contributed by atoms with E-state index in [1.807, 2.05) is 12.1 Å². The summed E-state index contributed by atoms with van der Waals surface area (Å²) >= 11 is 0.